The fourth-order valence-corrected chi connectivity index (χ4v) is 6.59. The summed E-state index contributed by atoms with van der Waals surface area (Å²) in [5, 5.41) is 24.3. The number of nitrogens with one attached hydrogen (secondary N) is 3. The number of benzene rings is 3. The fourth-order valence-electron chi connectivity index (χ4n) is 6.59. The highest BCUT2D eigenvalue weighted by Crippen LogP contribution is 2.35. The third-order valence-electron chi connectivity index (χ3n) is 9.31. The molecule has 2 heterocycles. The molecule has 1 saturated carbocycles. The van der Waals surface area contributed by atoms with Crippen LogP contribution in [0.5, 0.6) is 5.75 Å². The number of phenols is 1. The first-order valence-corrected chi connectivity index (χ1v) is 17.5. The van der Waals surface area contributed by atoms with Crippen molar-refractivity contribution in [2.75, 3.05) is 26.7 Å². The van der Waals surface area contributed by atoms with Crippen molar-refractivity contribution in [1.82, 2.24) is 35.5 Å². The maximum Gasteiger partial charge on any atom is 0.316 e. The second-order valence-corrected chi connectivity index (χ2v) is 13.1. The van der Waals surface area contributed by atoms with E-state index < -0.39 is 18.2 Å². The van der Waals surface area contributed by atoms with Gasteiger partial charge in [-0.25, -0.2) is 4.79 Å². The van der Waals surface area contributed by atoms with Gasteiger partial charge in [0.05, 0.1) is 25.2 Å². The van der Waals surface area contributed by atoms with Gasteiger partial charge in [0.25, 0.3) is 0 Å². The van der Waals surface area contributed by atoms with Crippen LogP contribution in [0.1, 0.15) is 40.0 Å². The quantitative estimate of drug-likeness (QED) is 0.0639. The molecule has 4 aromatic rings. The number of Topliss-reactive ketones (excluding diaryl/α,β-unsaturated/α-hetero) is 1. The van der Waals surface area contributed by atoms with Crippen molar-refractivity contribution in [2.24, 2.45) is 10.9 Å². The molecule has 4 N–H and O–H groups in total. The Morgan fingerprint density at radius 2 is 1.79 bits per heavy atom. The third kappa shape index (κ3) is 8.37. The molecule has 270 valence electrons. The summed E-state index contributed by atoms with van der Waals surface area (Å²) >= 11 is 0. The van der Waals surface area contributed by atoms with E-state index in [2.05, 4.69) is 27.5 Å². The Balaban J connectivity index is 1.36. The van der Waals surface area contributed by atoms with E-state index in [1.165, 1.54) is 17.0 Å². The number of para-hydroxylation sites is 1. The summed E-state index contributed by atoms with van der Waals surface area (Å²) in [5.41, 5.74) is 3.54. The van der Waals surface area contributed by atoms with Crippen LogP contribution < -0.4 is 16.0 Å². The lowest BCUT2D eigenvalue weighted by molar-refractivity contribution is -0.156. The lowest BCUT2D eigenvalue weighted by Crippen LogP contribution is -2.69. The number of hydrogen-bond donors (Lipinski definition) is 4. The molecule has 3 aromatic carbocycles. The number of phenolic OH excluding ortho intramolecular Hbond substituents is 1. The first-order valence-electron chi connectivity index (χ1n) is 17.5. The minimum absolute atomic E-state index is 0.00563. The lowest BCUT2D eigenvalue weighted by Gasteiger charge is -2.46. The van der Waals surface area contributed by atoms with Gasteiger partial charge >= 0.3 is 6.03 Å². The van der Waals surface area contributed by atoms with E-state index in [0.29, 0.717) is 24.2 Å². The van der Waals surface area contributed by atoms with Crippen LogP contribution >= 0.6 is 0 Å². The molecular weight excluding hydrogens is 660 g/mol. The van der Waals surface area contributed by atoms with Crippen molar-refractivity contribution in [3.05, 3.63) is 108 Å². The zero-order valence-electron chi connectivity index (χ0n) is 29.2. The largest absolute Gasteiger partial charge is 0.508 e. The topological polar surface area (TPSA) is 161 Å². The van der Waals surface area contributed by atoms with Crippen LogP contribution in [-0.2, 0) is 35.6 Å². The number of rotatable bonds is 15. The van der Waals surface area contributed by atoms with Gasteiger partial charge in [-0.1, -0.05) is 66.7 Å². The second kappa shape index (κ2) is 16.5. The van der Waals surface area contributed by atoms with E-state index in [1.54, 1.807) is 41.1 Å². The fraction of sp³-hybridized carbons (Fsp3) is 0.333. The number of ketones is 1. The smallest absolute Gasteiger partial charge is 0.316 e. The molecule has 13 heteroatoms. The number of amides is 4. The number of hydrogen-bond acceptors (Lipinski definition) is 8. The SMILES string of the molecule is C=CCNCC(=O)N1[C@@H](NC(=O)NCc2ccccc2)CN(Cc2cccc3c(C(=O)C4CC4)nn(CC=NC)c23)C(=O)[C@@H]1Cc1ccc(O)cc1. The van der Waals surface area contributed by atoms with Crippen molar-refractivity contribution in [1.29, 1.82) is 0 Å². The molecule has 2 fully saturated rings. The van der Waals surface area contributed by atoms with Gasteiger partial charge in [0.2, 0.25) is 11.8 Å². The predicted molar refractivity (Wildman–Crippen MR) is 198 cm³/mol. The van der Waals surface area contributed by atoms with Crippen molar-refractivity contribution in [3.8, 4) is 5.75 Å². The van der Waals surface area contributed by atoms with Crippen LogP contribution in [0, 0.1) is 5.92 Å². The number of carbonyl (C=O) groups is 4. The number of urea groups is 1. The van der Waals surface area contributed by atoms with Crippen molar-refractivity contribution in [2.45, 2.75) is 51.1 Å². The minimum Gasteiger partial charge on any atom is -0.508 e. The predicted octanol–water partition coefficient (Wildman–Crippen LogP) is 3.42. The Kier molecular flexibility index (Phi) is 11.4. The molecule has 0 radical (unpaired) electrons. The molecule has 1 saturated heterocycles. The molecule has 0 unspecified atom stereocenters. The van der Waals surface area contributed by atoms with Crippen LogP contribution in [0.15, 0.2) is 90.4 Å². The van der Waals surface area contributed by atoms with Gasteiger partial charge in [0.1, 0.15) is 23.7 Å². The number of aromatic hydroxyl groups is 1. The molecule has 2 aliphatic rings. The molecule has 0 bridgehead atoms. The molecule has 0 spiro atoms. The zero-order valence-corrected chi connectivity index (χ0v) is 29.2. The highest BCUT2D eigenvalue weighted by atomic mass is 16.3. The summed E-state index contributed by atoms with van der Waals surface area (Å²) in [6, 6.07) is 20.1. The normalized spacial score (nSPS) is 17.4. The van der Waals surface area contributed by atoms with Gasteiger partial charge in [0, 0.05) is 50.6 Å². The maximum atomic E-state index is 14.6. The van der Waals surface area contributed by atoms with Gasteiger partial charge in [-0.15, -0.1) is 6.58 Å². The number of carbonyl (C=O) groups excluding carboxylic acids is 4. The molecule has 1 aromatic heterocycles. The highest BCUT2D eigenvalue weighted by molar-refractivity contribution is 6.08. The molecular formula is C39H44N8O5. The van der Waals surface area contributed by atoms with Crippen molar-refractivity contribution >= 4 is 40.7 Å². The monoisotopic (exact) mass is 704 g/mol. The first-order chi connectivity index (χ1) is 25.3. The van der Waals surface area contributed by atoms with Gasteiger partial charge in [-0.2, -0.15) is 5.10 Å². The van der Waals surface area contributed by atoms with E-state index >= 15 is 0 Å². The summed E-state index contributed by atoms with van der Waals surface area (Å²) in [5.74, 6) is -0.602. The summed E-state index contributed by atoms with van der Waals surface area (Å²) in [7, 11) is 1.67. The summed E-state index contributed by atoms with van der Waals surface area (Å²) in [4.78, 5) is 62.5. The van der Waals surface area contributed by atoms with Crippen molar-refractivity contribution < 1.29 is 24.3 Å². The molecule has 13 nitrogen and oxygen atoms in total. The maximum absolute atomic E-state index is 14.6. The van der Waals surface area contributed by atoms with Gasteiger partial charge < -0.3 is 30.9 Å². The van der Waals surface area contributed by atoms with E-state index in [4.69, 9.17) is 5.10 Å². The molecule has 52 heavy (non-hydrogen) atoms. The highest BCUT2D eigenvalue weighted by Gasteiger charge is 2.44. The summed E-state index contributed by atoms with van der Waals surface area (Å²) in [6.45, 7) is 4.75. The van der Waals surface area contributed by atoms with Crippen LogP contribution in [0.25, 0.3) is 10.9 Å². The Labute approximate surface area is 302 Å². The Bertz CT molecular complexity index is 1950. The standard InChI is InChI=1S/C39H44N8O5/c1-3-18-41-23-34(49)47-32(21-26-12-16-30(48)17-13-26)38(51)45(25-33(47)43-39(52)42-22-27-8-5-4-6-9-27)24-29-10-7-11-31-35(37(50)28-14-15-28)44-46(36(29)31)20-19-40-2/h3-13,16-17,19,28,32-33,41,48H,1,14-15,18,20-25H2,2H3,(H2,42,43,52)/t32-,33+/m0/s1. The minimum atomic E-state index is -0.987. The van der Waals surface area contributed by atoms with Crippen LogP contribution in [0.3, 0.4) is 0 Å². The average Bonchev–Trinajstić information content (AvgIpc) is 3.94. The van der Waals surface area contributed by atoms with Crippen LogP contribution in [-0.4, -0.2) is 93.4 Å². The van der Waals surface area contributed by atoms with E-state index in [1.807, 2.05) is 48.5 Å². The molecule has 6 rings (SSSR count). The number of piperazine rings is 1. The van der Waals surface area contributed by atoms with Gasteiger partial charge in [-0.3, -0.25) is 24.1 Å². The first kappa shape index (κ1) is 36.0. The number of aromatic nitrogens is 2. The summed E-state index contributed by atoms with van der Waals surface area (Å²) < 4.78 is 1.75. The third-order valence-corrected chi connectivity index (χ3v) is 9.31. The molecule has 1 aliphatic carbocycles. The number of aliphatic imine (C=N–C) groups is 1. The Morgan fingerprint density at radius 3 is 2.50 bits per heavy atom. The van der Waals surface area contributed by atoms with E-state index in [0.717, 1.165) is 35.0 Å². The number of fused-ring (bicyclic) bond motifs is 1. The molecule has 1 aliphatic heterocycles. The molecule has 4 amide bonds. The Morgan fingerprint density at radius 1 is 1.02 bits per heavy atom. The lowest BCUT2D eigenvalue weighted by atomic mass is 9.98. The summed E-state index contributed by atoms with van der Waals surface area (Å²) in [6.07, 6.45) is 4.29. The number of nitrogens with zero attached hydrogens (tertiary/aromatic N) is 5. The van der Waals surface area contributed by atoms with Crippen molar-refractivity contribution in [3.63, 3.8) is 0 Å². The van der Waals surface area contributed by atoms with E-state index in [9.17, 15) is 24.3 Å². The average molecular weight is 705 g/mol. The zero-order chi connectivity index (χ0) is 36.6. The van der Waals surface area contributed by atoms with Crippen LogP contribution in [0.2, 0.25) is 0 Å². The molecule has 2 atom stereocenters. The van der Waals surface area contributed by atoms with Gasteiger partial charge in [0.15, 0.2) is 5.78 Å². The van der Waals surface area contributed by atoms with Crippen LogP contribution in [0.4, 0.5) is 4.79 Å². The Hall–Kier alpha value is -5.82. The van der Waals surface area contributed by atoms with Gasteiger partial charge in [-0.05, 0) is 41.7 Å². The van der Waals surface area contributed by atoms with E-state index in [-0.39, 0.29) is 61.9 Å². The second-order valence-electron chi connectivity index (χ2n) is 13.1.